The van der Waals surface area contributed by atoms with Crippen molar-refractivity contribution in [2.24, 2.45) is 5.92 Å². The van der Waals surface area contributed by atoms with Crippen LogP contribution in [0.5, 0.6) is 0 Å². The molecule has 0 aliphatic carbocycles. The van der Waals surface area contributed by atoms with Gasteiger partial charge >= 0.3 is 12.1 Å². The number of nitrogens with one attached hydrogen (secondary N) is 2. The highest BCUT2D eigenvalue weighted by Crippen LogP contribution is 2.31. The predicted octanol–water partition coefficient (Wildman–Crippen LogP) is 0.744. The Bertz CT molecular complexity index is 667. The van der Waals surface area contributed by atoms with Crippen LogP contribution in [-0.4, -0.2) is 55.1 Å². The van der Waals surface area contributed by atoms with Gasteiger partial charge in [0.1, 0.15) is 6.04 Å². The number of hydrogen-bond donors (Lipinski definition) is 3. The third-order valence-corrected chi connectivity index (χ3v) is 4.72. The van der Waals surface area contributed by atoms with E-state index in [9.17, 15) is 26.4 Å². The third-order valence-electron chi connectivity index (χ3n) is 3.36. The normalized spacial score (nSPS) is 21.1. The summed E-state index contributed by atoms with van der Waals surface area (Å²) in [6, 6.07) is -1.68. The second kappa shape index (κ2) is 6.45. The molecule has 1 saturated heterocycles. The summed E-state index contributed by atoms with van der Waals surface area (Å²) >= 11 is 0. The molecule has 23 heavy (non-hydrogen) atoms. The van der Waals surface area contributed by atoms with E-state index in [2.05, 4.69) is 5.10 Å². The highest BCUT2D eigenvalue weighted by Gasteiger charge is 2.47. The Kier molecular flexibility index (Phi) is 4.96. The summed E-state index contributed by atoms with van der Waals surface area (Å²) in [6.07, 6.45) is -4.25. The predicted molar refractivity (Wildman–Crippen MR) is 69.3 cm³/mol. The number of halogens is 3. The van der Waals surface area contributed by atoms with Crippen molar-refractivity contribution in [1.29, 1.82) is 0 Å². The average Bonchev–Trinajstić information content (AvgIpc) is 2.95. The maximum atomic E-state index is 13.2. The number of hydrogen-bond acceptors (Lipinski definition) is 5. The number of aromatic nitrogens is 2. The van der Waals surface area contributed by atoms with Crippen molar-refractivity contribution in [3.8, 4) is 0 Å². The Labute approximate surface area is 129 Å². The van der Waals surface area contributed by atoms with E-state index in [1.807, 2.05) is 5.10 Å². The molecule has 2 atom stereocenters. The zero-order valence-corrected chi connectivity index (χ0v) is 12.4. The highest BCUT2D eigenvalue weighted by atomic mass is 32.2. The first-order valence-corrected chi connectivity index (χ1v) is 8.05. The maximum Gasteiger partial charge on any atom is 0.405 e. The van der Waals surface area contributed by atoms with Crippen LogP contribution in [0.25, 0.3) is 0 Å². The summed E-state index contributed by atoms with van der Waals surface area (Å²) in [5.74, 6) is -2.56. The minimum Gasteiger partial charge on any atom is -0.476 e. The maximum absolute atomic E-state index is 13.2. The van der Waals surface area contributed by atoms with Gasteiger partial charge in [0.25, 0.3) is 10.0 Å². The second-order valence-corrected chi connectivity index (χ2v) is 6.72. The lowest BCUT2D eigenvalue weighted by Gasteiger charge is -2.31. The van der Waals surface area contributed by atoms with E-state index in [0.29, 0.717) is 19.1 Å². The molecule has 2 unspecified atom stereocenters. The molecule has 0 bridgehead atoms. The van der Waals surface area contributed by atoms with Crippen LogP contribution in [0.4, 0.5) is 13.2 Å². The number of rotatable bonds is 5. The SMILES string of the molecule is O=C(O)c1cc(S(=O)(=O)NC(C2CCCOC2)C(F)(F)F)[nH]n1. The van der Waals surface area contributed by atoms with Crippen LogP contribution in [0.3, 0.4) is 0 Å². The van der Waals surface area contributed by atoms with Gasteiger partial charge in [0.15, 0.2) is 10.7 Å². The molecule has 0 aromatic carbocycles. The summed E-state index contributed by atoms with van der Waals surface area (Å²) in [5, 5.41) is 13.1. The van der Waals surface area contributed by atoms with Crippen molar-refractivity contribution in [1.82, 2.24) is 14.9 Å². The van der Waals surface area contributed by atoms with Crippen molar-refractivity contribution in [2.75, 3.05) is 13.2 Å². The number of ether oxygens (including phenoxy) is 1. The fourth-order valence-corrected chi connectivity index (χ4v) is 3.46. The number of aromatic carboxylic acids is 1. The molecule has 0 spiro atoms. The molecule has 1 aromatic heterocycles. The van der Waals surface area contributed by atoms with E-state index in [1.165, 1.54) is 0 Å². The van der Waals surface area contributed by atoms with Crippen molar-refractivity contribution >= 4 is 16.0 Å². The summed E-state index contributed by atoms with van der Waals surface area (Å²) in [6.45, 7) is 0.117. The molecule has 3 N–H and O–H groups in total. The van der Waals surface area contributed by atoms with E-state index in [1.54, 1.807) is 4.72 Å². The second-order valence-electron chi connectivity index (χ2n) is 5.04. The van der Waals surface area contributed by atoms with E-state index in [0.717, 1.165) is 0 Å². The average molecular weight is 357 g/mol. The van der Waals surface area contributed by atoms with Crippen LogP contribution in [0.1, 0.15) is 23.3 Å². The first-order chi connectivity index (χ1) is 10.6. The summed E-state index contributed by atoms with van der Waals surface area (Å²) < 4.78 is 70.2. The summed E-state index contributed by atoms with van der Waals surface area (Å²) in [5.41, 5.74) is -0.616. The molecule has 1 aliphatic heterocycles. The molecule has 0 radical (unpaired) electrons. The number of carboxylic acids is 1. The number of nitrogens with zero attached hydrogens (tertiary/aromatic N) is 1. The number of alkyl halides is 3. The quantitative estimate of drug-likeness (QED) is 0.715. The zero-order valence-electron chi connectivity index (χ0n) is 11.6. The van der Waals surface area contributed by atoms with Crippen molar-refractivity contribution < 1.29 is 36.2 Å². The zero-order chi connectivity index (χ0) is 17.3. The van der Waals surface area contributed by atoms with Gasteiger partial charge in [-0.2, -0.15) is 23.0 Å². The molecule has 12 heteroatoms. The first kappa shape index (κ1) is 17.7. The van der Waals surface area contributed by atoms with Gasteiger partial charge in [0, 0.05) is 18.6 Å². The van der Waals surface area contributed by atoms with Gasteiger partial charge in [0.2, 0.25) is 0 Å². The smallest absolute Gasteiger partial charge is 0.405 e. The van der Waals surface area contributed by atoms with Gasteiger partial charge in [0.05, 0.1) is 6.61 Å². The van der Waals surface area contributed by atoms with Gasteiger partial charge in [-0.3, -0.25) is 5.10 Å². The third kappa shape index (κ3) is 4.20. The summed E-state index contributed by atoms with van der Waals surface area (Å²) in [7, 11) is -4.61. The van der Waals surface area contributed by atoms with Crippen molar-refractivity contribution in [3.05, 3.63) is 11.8 Å². The minimum atomic E-state index is -4.81. The van der Waals surface area contributed by atoms with Crippen LogP contribution in [-0.2, 0) is 14.8 Å². The van der Waals surface area contributed by atoms with Crippen LogP contribution in [0.15, 0.2) is 11.1 Å². The van der Waals surface area contributed by atoms with Crippen molar-refractivity contribution in [3.63, 3.8) is 0 Å². The van der Waals surface area contributed by atoms with Gasteiger partial charge in [-0.1, -0.05) is 0 Å². The first-order valence-electron chi connectivity index (χ1n) is 6.57. The lowest BCUT2D eigenvalue weighted by atomic mass is 9.94. The molecule has 1 aliphatic rings. The Morgan fingerprint density at radius 3 is 2.70 bits per heavy atom. The Balaban J connectivity index is 2.24. The largest absolute Gasteiger partial charge is 0.476 e. The van der Waals surface area contributed by atoms with E-state index in [4.69, 9.17) is 9.84 Å². The van der Waals surface area contributed by atoms with Gasteiger partial charge in [-0.15, -0.1) is 0 Å². The van der Waals surface area contributed by atoms with Gasteiger partial charge < -0.3 is 9.84 Å². The fraction of sp³-hybridized carbons (Fsp3) is 0.636. The van der Waals surface area contributed by atoms with E-state index >= 15 is 0 Å². The van der Waals surface area contributed by atoms with Crippen LogP contribution in [0, 0.1) is 5.92 Å². The molecule has 2 heterocycles. The number of carbonyl (C=O) groups is 1. The Morgan fingerprint density at radius 2 is 2.22 bits per heavy atom. The van der Waals surface area contributed by atoms with Crippen LogP contribution in [0.2, 0.25) is 0 Å². The lowest BCUT2D eigenvalue weighted by Crippen LogP contribution is -2.52. The lowest BCUT2D eigenvalue weighted by molar-refractivity contribution is -0.172. The van der Waals surface area contributed by atoms with E-state index in [-0.39, 0.29) is 13.0 Å². The molecule has 0 saturated carbocycles. The Morgan fingerprint density at radius 1 is 1.52 bits per heavy atom. The fourth-order valence-electron chi connectivity index (χ4n) is 2.24. The molecule has 1 aromatic rings. The molecule has 8 nitrogen and oxygen atoms in total. The van der Waals surface area contributed by atoms with Crippen LogP contribution >= 0.6 is 0 Å². The summed E-state index contributed by atoms with van der Waals surface area (Å²) in [4.78, 5) is 10.7. The number of H-pyrrole nitrogens is 1. The number of carboxylic acid groups (broad SMARTS) is 1. The van der Waals surface area contributed by atoms with E-state index < -0.39 is 44.8 Å². The standard InChI is InChI=1S/C11H14F3N3O5S/c12-11(13,14)9(6-2-1-3-22-5-6)17-23(20,21)8-4-7(10(18)19)15-16-8/h4,6,9,17H,1-3,5H2,(H,15,16)(H,18,19). The molecule has 130 valence electrons. The molecule has 1 fully saturated rings. The highest BCUT2D eigenvalue weighted by molar-refractivity contribution is 7.89. The minimum absolute atomic E-state index is 0.163. The number of sulfonamides is 1. The molecular formula is C11H14F3N3O5S. The van der Waals surface area contributed by atoms with Gasteiger partial charge in [-0.05, 0) is 12.8 Å². The molecular weight excluding hydrogens is 343 g/mol. The number of aromatic amines is 1. The molecule has 0 amide bonds. The van der Waals surface area contributed by atoms with Gasteiger partial charge in [-0.25, -0.2) is 13.2 Å². The molecule has 2 rings (SSSR count). The van der Waals surface area contributed by atoms with Crippen molar-refractivity contribution in [2.45, 2.75) is 30.1 Å². The topological polar surface area (TPSA) is 121 Å². The monoisotopic (exact) mass is 357 g/mol. The Hall–Kier alpha value is -1.66. The van der Waals surface area contributed by atoms with Crippen LogP contribution < -0.4 is 4.72 Å².